The Hall–Kier alpha value is -1.99. The topological polar surface area (TPSA) is 70.3 Å². The molecular weight excluding hydrogens is 304 g/mol. The number of aliphatic hydroxyl groups excluding tert-OH is 1. The van der Waals surface area contributed by atoms with Gasteiger partial charge in [-0.2, -0.15) is 0 Å². The molecule has 7 heteroatoms. The van der Waals surface area contributed by atoms with E-state index in [1.54, 1.807) is 12.4 Å². The van der Waals surface area contributed by atoms with Crippen molar-refractivity contribution in [2.24, 2.45) is 0 Å². The average Bonchev–Trinajstić information content (AvgIpc) is 2.93. The smallest absolute Gasteiger partial charge is 0.147 e. The van der Waals surface area contributed by atoms with Crippen molar-refractivity contribution in [1.82, 2.24) is 24.4 Å². The summed E-state index contributed by atoms with van der Waals surface area (Å²) in [6.45, 7) is 9.13. The Kier molecular flexibility index (Phi) is 5.42. The van der Waals surface area contributed by atoms with Crippen molar-refractivity contribution in [3.8, 4) is 0 Å². The maximum Gasteiger partial charge on any atom is 0.147 e. The van der Waals surface area contributed by atoms with Crippen molar-refractivity contribution in [3.05, 3.63) is 36.3 Å². The summed E-state index contributed by atoms with van der Waals surface area (Å²) in [5.74, 6) is 2.02. The van der Waals surface area contributed by atoms with Gasteiger partial charge in [0.1, 0.15) is 11.6 Å². The van der Waals surface area contributed by atoms with Gasteiger partial charge in [-0.1, -0.05) is 0 Å². The summed E-state index contributed by atoms with van der Waals surface area (Å²) < 4.78 is 2.24. The van der Waals surface area contributed by atoms with E-state index in [0.717, 1.165) is 50.8 Å². The summed E-state index contributed by atoms with van der Waals surface area (Å²) in [4.78, 5) is 17.9. The molecule has 1 fully saturated rings. The van der Waals surface area contributed by atoms with Gasteiger partial charge < -0.3 is 14.6 Å². The number of aliphatic hydroxyl groups is 1. The molecule has 24 heavy (non-hydrogen) atoms. The summed E-state index contributed by atoms with van der Waals surface area (Å²) >= 11 is 0. The number of hydrogen-bond donors (Lipinski definition) is 1. The predicted octanol–water partition coefficient (Wildman–Crippen LogP) is 1.46. The van der Waals surface area contributed by atoms with Gasteiger partial charge in [0, 0.05) is 44.6 Å². The molecule has 2 aromatic rings. The van der Waals surface area contributed by atoms with Crippen LogP contribution in [0.25, 0.3) is 0 Å². The van der Waals surface area contributed by atoms with E-state index in [1.807, 2.05) is 6.20 Å². The first-order valence-corrected chi connectivity index (χ1v) is 8.58. The molecule has 0 aliphatic carbocycles. The highest BCUT2D eigenvalue weighted by atomic mass is 16.3. The van der Waals surface area contributed by atoms with Crippen LogP contribution in [-0.4, -0.2) is 55.7 Å². The largest absolute Gasteiger partial charge is 0.390 e. The Labute approximate surface area is 143 Å². The van der Waals surface area contributed by atoms with Crippen LogP contribution in [0.4, 0.5) is 5.82 Å². The second kappa shape index (κ2) is 7.72. The summed E-state index contributed by atoms with van der Waals surface area (Å²) in [5, 5.41) is 9.07. The van der Waals surface area contributed by atoms with Crippen LogP contribution in [0.3, 0.4) is 0 Å². The van der Waals surface area contributed by atoms with Crippen LogP contribution >= 0.6 is 0 Å². The van der Waals surface area contributed by atoms with Gasteiger partial charge in [0.2, 0.25) is 0 Å². The molecule has 0 saturated carbocycles. The Morgan fingerprint density at radius 1 is 1.08 bits per heavy atom. The van der Waals surface area contributed by atoms with E-state index in [1.165, 1.54) is 0 Å². The second-order valence-electron chi connectivity index (χ2n) is 6.49. The lowest BCUT2D eigenvalue weighted by atomic mass is 10.3. The fraction of sp³-hybridized carbons (Fsp3) is 0.588. The van der Waals surface area contributed by atoms with E-state index in [-0.39, 0.29) is 6.61 Å². The van der Waals surface area contributed by atoms with Crippen LogP contribution in [0.5, 0.6) is 0 Å². The zero-order valence-corrected chi connectivity index (χ0v) is 14.5. The van der Waals surface area contributed by atoms with E-state index >= 15 is 0 Å². The summed E-state index contributed by atoms with van der Waals surface area (Å²) in [5.41, 5.74) is 0.607. The van der Waals surface area contributed by atoms with Gasteiger partial charge in [-0.15, -0.1) is 0 Å². The van der Waals surface area contributed by atoms with E-state index < -0.39 is 0 Å². The lowest BCUT2D eigenvalue weighted by Crippen LogP contribution is -2.31. The van der Waals surface area contributed by atoms with E-state index in [0.29, 0.717) is 11.7 Å². The van der Waals surface area contributed by atoms with E-state index in [2.05, 4.69) is 49.4 Å². The van der Waals surface area contributed by atoms with Gasteiger partial charge in [0.25, 0.3) is 0 Å². The van der Waals surface area contributed by atoms with Crippen molar-refractivity contribution in [1.29, 1.82) is 0 Å². The van der Waals surface area contributed by atoms with Crippen molar-refractivity contribution in [3.63, 3.8) is 0 Å². The third kappa shape index (κ3) is 3.91. The van der Waals surface area contributed by atoms with Gasteiger partial charge >= 0.3 is 0 Å². The Morgan fingerprint density at radius 3 is 2.67 bits per heavy atom. The Morgan fingerprint density at radius 2 is 1.96 bits per heavy atom. The first kappa shape index (κ1) is 16.9. The molecule has 0 bridgehead atoms. The molecule has 0 amide bonds. The molecule has 1 aliphatic heterocycles. The lowest BCUT2D eigenvalue weighted by molar-refractivity contribution is 0.272. The molecule has 1 aliphatic rings. The number of nitrogens with zero attached hydrogens (tertiary/aromatic N) is 6. The monoisotopic (exact) mass is 330 g/mol. The molecule has 1 N–H and O–H groups in total. The lowest BCUT2D eigenvalue weighted by Gasteiger charge is -2.23. The van der Waals surface area contributed by atoms with Gasteiger partial charge in [0.15, 0.2) is 0 Å². The maximum atomic E-state index is 9.07. The quantitative estimate of drug-likeness (QED) is 0.895. The molecule has 0 spiro atoms. The van der Waals surface area contributed by atoms with Crippen LogP contribution in [0.15, 0.2) is 24.8 Å². The molecule has 0 atom stereocenters. The van der Waals surface area contributed by atoms with Crippen LogP contribution in [0, 0.1) is 0 Å². The fourth-order valence-electron chi connectivity index (χ4n) is 3.09. The van der Waals surface area contributed by atoms with Gasteiger partial charge in [-0.05, 0) is 20.3 Å². The van der Waals surface area contributed by atoms with Crippen molar-refractivity contribution in [2.75, 3.05) is 31.1 Å². The molecule has 0 aromatic carbocycles. The molecule has 7 nitrogen and oxygen atoms in total. The molecule has 0 unspecified atom stereocenters. The molecule has 2 aromatic heterocycles. The normalized spacial score (nSPS) is 16.6. The Balaban J connectivity index is 1.61. The number of aromatic nitrogens is 4. The SMILES string of the molecule is CC(C)n1ccnc1CN1CCCN(c2cnc(CO)cn2)CC1. The first-order chi connectivity index (χ1) is 11.7. The minimum atomic E-state index is -0.0659. The predicted molar refractivity (Wildman–Crippen MR) is 92.7 cm³/mol. The summed E-state index contributed by atoms with van der Waals surface area (Å²) in [6.07, 6.45) is 8.44. The van der Waals surface area contributed by atoms with Crippen LogP contribution < -0.4 is 4.90 Å². The molecule has 1 saturated heterocycles. The average molecular weight is 330 g/mol. The number of hydrogen-bond acceptors (Lipinski definition) is 6. The van der Waals surface area contributed by atoms with E-state index in [9.17, 15) is 0 Å². The van der Waals surface area contributed by atoms with Gasteiger partial charge in [-0.25, -0.2) is 9.97 Å². The van der Waals surface area contributed by atoms with Crippen LogP contribution in [-0.2, 0) is 13.2 Å². The number of rotatable bonds is 5. The van der Waals surface area contributed by atoms with Crippen LogP contribution in [0.1, 0.15) is 37.8 Å². The minimum absolute atomic E-state index is 0.0659. The summed E-state index contributed by atoms with van der Waals surface area (Å²) in [6, 6.07) is 0.436. The minimum Gasteiger partial charge on any atom is -0.390 e. The number of imidazole rings is 1. The Bertz CT molecular complexity index is 639. The van der Waals surface area contributed by atoms with Gasteiger partial charge in [-0.3, -0.25) is 9.88 Å². The zero-order chi connectivity index (χ0) is 16.9. The molecular formula is C17H26N6O. The summed E-state index contributed by atoms with van der Waals surface area (Å²) in [7, 11) is 0. The highest BCUT2D eigenvalue weighted by Gasteiger charge is 2.18. The maximum absolute atomic E-state index is 9.07. The van der Waals surface area contributed by atoms with Gasteiger partial charge in [0.05, 0.1) is 31.2 Å². The highest BCUT2D eigenvalue weighted by Crippen LogP contribution is 2.15. The first-order valence-electron chi connectivity index (χ1n) is 8.58. The molecule has 130 valence electrons. The third-order valence-corrected chi connectivity index (χ3v) is 4.44. The van der Waals surface area contributed by atoms with Crippen molar-refractivity contribution < 1.29 is 5.11 Å². The highest BCUT2D eigenvalue weighted by molar-refractivity contribution is 5.35. The fourth-order valence-corrected chi connectivity index (χ4v) is 3.09. The molecule has 0 radical (unpaired) electrons. The zero-order valence-electron chi connectivity index (χ0n) is 14.5. The molecule has 3 heterocycles. The van der Waals surface area contributed by atoms with Crippen molar-refractivity contribution in [2.45, 2.75) is 39.5 Å². The standard InChI is InChI=1S/C17H26N6O/c1-14(2)23-7-4-18-17(23)12-21-5-3-6-22(9-8-21)16-11-19-15(13-24)10-20-16/h4,7,10-11,14,24H,3,5-6,8-9,12-13H2,1-2H3. The van der Waals surface area contributed by atoms with Crippen molar-refractivity contribution >= 4 is 5.82 Å². The number of anilines is 1. The second-order valence-corrected chi connectivity index (χ2v) is 6.49. The van der Waals surface area contributed by atoms with E-state index in [4.69, 9.17) is 5.11 Å². The molecule has 3 rings (SSSR count). The van der Waals surface area contributed by atoms with Crippen LogP contribution in [0.2, 0.25) is 0 Å². The third-order valence-electron chi connectivity index (χ3n) is 4.44.